The van der Waals surface area contributed by atoms with E-state index in [9.17, 15) is 4.79 Å². The van der Waals surface area contributed by atoms with E-state index in [4.69, 9.17) is 4.74 Å². The highest BCUT2D eigenvalue weighted by atomic mass is 79.9. The first-order chi connectivity index (χ1) is 12.4. The maximum atomic E-state index is 12.3. The number of nitrogens with one attached hydrogen (secondary N) is 1. The first-order valence-corrected chi connectivity index (χ1v) is 10.1. The molecule has 0 saturated heterocycles. The smallest absolute Gasteiger partial charge is 0.230 e. The van der Waals surface area contributed by atoms with Crippen molar-refractivity contribution < 1.29 is 9.53 Å². The fourth-order valence-electron chi connectivity index (χ4n) is 2.60. The summed E-state index contributed by atoms with van der Waals surface area (Å²) < 4.78 is 6.26. The molecule has 4 nitrogen and oxygen atoms in total. The van der Waals surface area contributed by atoms with Crippen molar-refractivity contribution in [2.75, 3.05) is 33.5 Å². The topological polar surface area (TPSA) is 41.6 Å². The van der Waals surface area contributed by atoms with Crippen molar-refractivity contribution in [3.63, 3.8) is 0 Å². The van der Waals surface area contributed by atoms with Gasteiger partial charge in [0, 0.05) is 15.9 Å². The van der Waals surface area contributed by atoms with E-state index in [0.717, 1.165) is 20.7 Å². The van der Waals surface area contributed by atoms with Gasteiger partial charge in [0.1, 0.15) is 5.75 Å². The Hall–Kier alpha value is -1.50. The molecule has 0 spiro atoms. The lowest BCUT2D eigenvalue weighted by Crippen LogP contribution is -2.35. The summed E-state index contributed by atoms with van der Waals surface area (Å²) >= 11 is 5.02. The van der Waals surface area contributed by atoms with Crippen LogP contribution in [0.15, 0.2) is 51.8 Å². The fraction of sp³-hybridized carbons (Fsp3) is 0.350. The normalized spacial score (nSPS) is 12.1. The number of nitrogens with zero attached hydrogens (tertiary/aromatic N) is 1. The van der Waals surface area contributed by atoms with Crippen molar-refractivity contribution in [3.05, 3.63) is 58.1 Å². The molecule has 0 heterocycles. The molecule has 2 aromatic rings. The standard InChI is InChI=1S/C20H25BrN2O2S/c1-14-11-16(21)7-10-19(14)26-13-20(24)22-12-18(23(2)3)15-5-8-17(25-4)9-6-15/h5-11,18H,12-13H2,1-4H3,(H,22,24)/t18-/m0/s1. The van der Waals surface area contributed by atoms with E-state index < -0.39 is 0 Å². The molecular weight excluding hydrogens is 412 g/mol. The highest BCUT2D eigenvalue weighted by Crippen LogP contribution is 2.25. The van der Waals surface area contributed by atoms with Gasteiger partial charge in [-0.05, 0) is 62.5 Å². The van der Waals surface area contributed by atoms with Gasteiger partial charge in [-0.25, -0.2) is 0 Å². The lowest BCUT2D eigenvalue weighted by Gasteiger charge is -2.25. The van der Waals surface area contributed by atoms with Crippen LogP contribution in [0.4, 0.5) is 0 Å². The molecule has 1 N–H and O–H groups in total. The lowest BCUT2D eigenvalue weighted by molar-refractivity contribution is -0.118. The van der Waals surface area contributed by atoms with Crippen LogP contribution in [0.2, 0.25) is 0 Å². The number of likely N-dealkylation sites (N-methyl/N-ethyl adjacent to an activating group) is 1. The molecular formula is C20H25BrN2O2S. The molecule has 0 aromatic heterocycles. The average molecular weight is 437 g/mol. The average Bonchev–Trinajstić information content (AvgIpc) is 2.61. The van der Waals surface area contributed by atoms with Crippen LogP contribution in [0.25, 0.3) is 0 Å². The van der Waals surface area contributed by atoms with Crippen LogP contribution >= 0.6 is 27.7 Å². The van der Waals surface area contributed by atoms with Gasteiger partial charge in [0.25, 0.3) is 0 Å². The molecule has 2 aromatic carbocycles. The number of hydrogen-bond acceptors (Lipinski definition) is 4. The Bertz CT molecular complexity index is 735. The molecule has 6 heteroatoms. The highest BCUT2D eigenvalue weighted by molar-refractivity contribution is 9.10. The van der Waals surface area contributed by atoms with Crippen LogP contribution in [-0.4, -0.2) is 44.3 Å². The molecule has 0 bridgehead atoms. The van der Waals surface area contributed by atoms with Gasteiger partial charge in [-0.1, -0.05) is 28.1 Å². The number of amides is 1. The minimum absolute atomic E-state index is 0.0395. The summed E-state index contributed by atoms with van der Waals surface area (Å²) in [5.74, 6) is 1.28. The third kappa shape index (κ3) is 6.04. The Kier molecular flexibility index (Phi) is 8.00. The molecule has 0 unspecified atom stereocenters. The number of ether oxygens (including phenoxy) is 1. The van der Waals surface area contributed by atoms with Gasteiger partial charge in [-0.3, -0.25) is 4.79 Å². The van der Waals surface area contributed by atoms with Gasteiger partial charge in [0.2, 0.25) is 5.91 Å². The third-order valence-electron chi connectivity index (χ3n) is 4.11. The van der Waals surface area contributed by atoms with Crippen LogP contribution in [0.3, 0.4) is 0 Å². The molecule has 1 atom stereocenters. The summed E-state index contributed by atoms with van der Waals surface area (Å²) in [4.78, 5) is 15.5. The zero-order valence-electron chi connectivity index (χ0n) is 15.6. The van der Waals surface area contributed by atoms with Crippen LogP contribution < -0.4 is 10.1 Å². The SMILES string of the molecule is COc1ccc([C@H](CNC(=O)CSc2ccc(Br)cc2C)N(C)C)cc1. The number of carbonyl (C=O) groups is 1. The zero-order valence-corrected chi connectivity index (χ0v) is 18.0. The second-order valence-electron chi connectivity index (χ2n) is 6.26. The van der Waals surface area contributed by atoms with E-state index in [1.54, 1.807) is 18.9 Å². The Morgan fingerprint density at radius 3 is 2.50 bits per heavy atom. The summed E-state index contributed by atoms with van der Waals surface area (Å²) in [6.07, 6.45) is 0. The minimum Gasteiger partial charge on any atom is -0.497 e. The Balaban J connectivity index is 1.90. The molecule has 0 aliphatic heterocycles. The van der Waals surface area contributed by atoms with E-state index in [2.05, 4.69) is 39.1 Å². The molecule has 2 rings (SSSR count). The van der Waals surface area contributed by atoms with Crippen molar-refractivity contribution in [3.8, 4) is 5.75 Å². The number of aryl methyl sites for hydroxylation is 1. The largest absolute Gasteiger partial charge is 0.497 e. The van der Waals surface area contributed by atoms with E-state index in [1.165, 1.54) is 5.56 Å². The van der Waals surface area contributed by atoms with Crippen LogP contribution in [0, 0.1) is 6.92 Å². The van der Waals surface area contributed by atoms with Crippen molar-refractivity contribution in [2.24, 2.45) is 0 Å². The van der Waals surface area contributed by atoms with Crippen LogP contribution in [-0.2, 0) is 4.79 Å². The van der Waals surface area contributed by atoms with Gasteiger partial charge in [0.05, 0.1) is 18.9 Å². The molecule has 1 amide bonds. The molecule has 26 heavy (non-hydrogen) atoms. The van der Waals surface area contributed by atoms with Gasteiger partial charge in [-0.15, -0.1) is 11.8 Å². The maximum Gasteiger partial charge on any atom is 0.230 e. The van der Waals surface area contributed by atoms with E-state index in [-0.39, 0.29) is 11.9 Å². The minimum atomic E-state index is 0.0395. The number of rotatable bonds is 8. The summed E-state index contributed by atoms with van der Waals surface area (Å²) in [6.45, 7) is 2.62. The molecule has 0 fully saturated rings. The maximum absolute atomic E-state index is 12.3. The zero-order chi connectivity index (χ0) is 19.1. The summed E-state index contributed by atoms with van der Waals surface area (Å²) in [5, 5.41) is 3.05. The quantitative estimate of drug-likeness (QED) is 0.627. The summed E-state index contributed by atoms with van der Waals surface area (Å²) in [5.41, 5.74) is 2.31. The van der Waals surface area contributed by atoms with Crippen molar-refractivity contribution in [1.29, 1.82) is 0 Å². The predicted molar refractivity (Wildman–Crippen MR) is 112 cm³/mol. The molecule has 0 aliphatic carbocycles. The van der Waals surface area contributed by atoms with Crippen molar-refractivity contribution >= 4 is 33.6 Å². The van der Waals surface area contributed by atoms with E-state index in [1.807, 2.05) is 50.5 Å². The van der Waals surface area contributed by atoms with Crippen LogP contribution in [0.1, 0.15) is 17.2 Å². The third-order valence-corrected chi connectivity index (χ3v) is 5.78. The number of hydrogen-bond donors (Lipinski definition) is 1. The first-order valence-electron chi connectivity index (χ1n) is 8.36. The van der Waals surface area contributed by atoms with Gasteiger partial charge >= 0.3 is 0 Å². The highest BCUT2D eigenvalue weighted by Gasteiger charge is 2.15. The predicted octanol–water partition coefficient (Wildman–Crippen LogP) is 4.28. The molecule has 0 radical (unpaired) electrons. The summed E-state index contributed by atoms with van der Waals surface area (Å²) in [7, 11) is 5.69. The lowest BCUT2D eigenvalue weighted by atomic mass is 10.1. The monoisotopic (exact) mass is 436 g/mol. The molecule has 0 aliphatic rings. The Morgan fingerprint density at radius 2 is 1.92 bits per heavy atom. The molecule has 0 saturated carbocycles. The first kappa shape index (κ1) is 20.8. The number of thioether (sulfide) groups is 1. The summed E-state index contributed by atoms with van der Waals surface area (Å²) in [6, 6.07) is 14.2. The molecule has 140 valence electrons. The van der Waals surface area contributed by atoms with E-state index >= 15 is 0 Å². The fourth-order valence-corrected chi connectivity index (χ4v) is 3.92. The van der Waals surface area contributed by atoms with Crippen molar-refractivity contribution in [1.82, 2.24) is 10.2 Å². The number of methoxy groups -OCH3 is 1. The number of benzene rings is 2. The Morgan fingerprint density at radius 1 is 1.23 bits per heavy atom. The van der Waals surface area contributed by atoms with Crippen LogP contribution in [0.5, 0.6) is 5.75 Å². The van der Waals surface area contributed by atoms with Gasteiger partial charge in [0.15, 0.2) is 0 Å². The number of halogens is 1. The van der Waals surface area contributed by atoms with E-state index in [0.29, 0.717) is 12.3 Å². The number of carbonyl (C=O) groups excluding carboxylic acids is 1. The van der Waals surface area contributed by atoms with Gasteiger partial charge in [-0.2, -0.15) is 0 Å². The second kappa shape index (κ2) is 10.00. The van der Waals surface area contributed by atoms with Crippen molar-refractivity contribution in [2.45, 2.75) is 17.9 Å². The van der Waals surface area contributed by atoms with Gasteiger partial charge < -0.3 is 15.0 Å². The Labute approximate surface area is 168 Å². The second-order valence-corrected chi connectivity index (χ2v) is 8.19.